The number of amides is 1. The zero-order chi connectivity index (χ0) is 25.5. The molecule has 2 fully saturated rings. The molecule has 190 valence electrons. The van der Waals surface area contributed by atoms with Crippen LogP contribution in [0.1, 0.15) is 39.5 Å². The van der Waals surface area contributed by atoms with E-state index < -0.39 is 6.09 Å². The number of hydrogen-bond donors (Lipinski definition) is 2. The lowest BCUT2D eigenvalue weighted by Crippen LogP contribution is -2.62. The number of methoxy groups -OCH3 is 1. The molecule has 5 rings (SSSR count). The number of aromatic amines is 1. The number of hydrogen-bond acceptors (Lipinski definition) is 7. The van der Waals surface area contributed by atoms with Crippen LogP contribution in [0.2, 0.25) is 0 Å². The smallest absolute Gasteiger partial charge is 0.408 e. The molecular formula is C26H32N6O4. The molecule has 0 unspecified atom stereocenters. The average molecular weight is 493 g/mol. The molecular weight excluding hydrogens is 460 g/mol. The first-order chi connectivity index (χ1) is 17.2. The number of benzene rings is 1. The van der Waals surface area contributed by atoms with Crippen LogP contribution in [0.25, 0.3) is 22.4 Å². The van der Waals surface area contributed by atoms with E-state index >= 15 is 0 Å². The third kappa shape index (κ3) is 4.15. The number of piperidine rings is 1. The molecule has 3 aromatic rings. The summed E-state index contributed by atoms with van der Waals surface area (Å²) in [5, 5.41) is 25.8. The molecule has 10 nitrogen and oxygen atoms in total. The van der Waals surface area contributed by atoms with Crippen molar-refractivity contribution >= 4 is 11.9 Å². The number of ether oxygens (including phenoxy) is 2. The second-order valence-electron chi connectivity index (χ2n) is 10.3. The van der Waals surface area contributed by atoms with Gasteiger partial charge in [0.25, 0.3) is 0 Å². The molecule has 2 saturated heterocycles. The Morgan fingerprint density at radius 3 is 2.50 bits per heavy atom. The maximum Gasteiger partial charge on any atom is 0.408 e. The van der Waals surface area contributed by atoms with Crippen molar-refractivity contribution < 1.29 is 19.4 Å². The van der Waals surface area contributed by atoms with E-state index in [9.17, 15) is 9.90 Å². The zero-order valence-electron chi connectivity index (χ0n) is 21.1. The van der Waals surface area contributed by atoms with Gasteiger partial charge < -0.3 is 19.5 Å². The van der Waals surface area contributed by atoms with Gasteiger partial charge in [0.05, 0.1) is 11.9 Å². The number of fused-ring (bicyclic) bond motifs is 2. The number of carbonyl (C=O) groups is 1. The van der Waals surface area contributed by atoms with Crippen molar-refractivity contribution in [3.05, 3.63) is 42.7 Å². The van der Waals surface area contributed by atoms with E-state index in [1.165, 1.54) is 0 Å². The number of nitrogens with one attached hydrogen (secondary N) is 1. The van der Waals surface area contributed by atoms with Gasteiger partial charge in [-0.05, 0) is 69.4 Å². The van der Waals surface area contributed by atoms with Gasteiger partial charge in [0.15, 0.2) is 12.6 Å². The van der Waals surface area contributed by atoms with Crippen LogP contribution in [-0.4, -0.2) is 74.6 Å². The predicted octanol–water partition coefficient (Wildman–Crippen LogP) is 4.41. The summed E-state index contributed by atoms with van der Waals surface area (Å²) in [5.41, 5.74) is 2.69. The quantitative estimate of drug-likeness (QED) is 0.466. The standard InChI is InChI=1S/C26H32N6O4/c1-25-9-10-26(2,32(25)24(33)34)13-19(12-25)31(3)23-8-7-21(29-30-23)20-6-5-17(18-14-27-28-15-18)11-22(20)36-16-35-4/h5-8,11,14-15,19H,9-10,12-13,16H2,1-4H3,(H,27,28)(H,33,34)/t19-,25-,26+. The van der Waals surface area contributed by atoms with Crippen LogP contribution in [-0.2, 0) is 4.74 Å². The Morgan fingerprint density at radius 1 is 1.17 bits per heavy atom. The van der Waals surface area contributed by atoms with Crippen LogP contribution in [0.15, 0.2) is 42.7 Å². The summed E-state index contributed by atoms with van der Waals surface area (Å²) in [7, 11) is 3.60. The molecule has 0 saturated carbocycles. The van der Waals surface area contributed by atoms with Crippen LogP contribution >= 0.6 is 0 Å². The fourth-order valence-corrected chi connectivity index (χ4v) is 6.03. The van der Waals surface area contributed by atoms with E-state index in [0.717, 1.165) is 48.2 Å². The van der Waals surface area contributed by atoms with Crippen molar-refractivity contribution in [2.75, 3.05) is 25.9 Å². The second-order valence-corrected chi connectivity index (χ2v) is 10.3. The van der Waals surface area contributed by atoms with Crippen LogP contribution < -0.4 is 9.64 Å². The lowest BCUT2D eigenvalue weighted by molar-refractivity contribution is 0.0131. The normalized spacial score (nSPS) is 25.1. The van der Waals surface area contributed by atoms with Gasteiger partial charge in [0.2, 0.25) is 0 Å². The van der Waals surface area contributed by atoms with Crippen molar-refractivity contribution in [3.8, 4) is 28.1 Å². The second kappa shape index (κ2) is 9.09. The maximum atomic E-state index is 12.0. The Hall–Kier alpha value is -3.66. The summed E-state index contributed by atoms with van der Waals surface area (Å²) in [6.07, 6.45) is 6.04. The van der Waals surface area contributed by atoms with Gasteiger partial charge in [-0.25, -0.2) is 4.79 Å². The number of nitrogens with zero attached hydrogens (tertiary/aromatic N) is 5. The van der Waals surface area contributed by atoms with E-state index in [-0.39, 0.29) is 23.9 Å². The van der Waals surface area contributed by atoms with E-state index in [1.807, 2.05) is 43.6 Å². The SMILES string of the molecule is COCOc1cc(-c2cn[nH]c2)ccc1-c1ccc(N(C)[C@H]2C[C@]3(C)CC[C@](C)(C2)N3C(=O)O)nn1. The first kappa shape index (κ1) is 24.1. The number of carboxylic acid groups (broad SMARTS) is 1. The Morgan fingerprint density at radius 2 is 1.92 bits per heavy atom. The van der Waals surface area contributed by atoms with Crippen molar-refractivity contribution in [1.29, 1.82) is 0 Å². The number of H-pyrrole nitrogens is 1. The third-order valence-electron chi connectivity index (χ3n) is 7.80. The molecule has 0 aliphatic carbocycles. The number of aromatic nitrogens is 4. The van der Waals surface area contributed by atoms with Gasteiger partial charge >= 0.3 is 6.09 Å². The van der Waals surface area contributed by atoms with Crippen LogP contribution in [0.3, 0.4) is 0 Å². The van der Waals surface area contributed by atoms with Gasteiger partial charge in [-0.1, -0.05) is 6.07 Å². The molecule has 36 heavy (non-hydrogen) atoms. The summed E-state index contributed by atoms with van der Waals surface area (Å²) >= 11 is 0. The molecule has 0 spiro atoms. The van der Waals surface area contributed by atoms with E-state index in [4.69, 9.17) is 9.47 Å². The molecule has 4 heterocycles. The third-order valence-corrected chi connectivity index (χ3v) is 7.80. The Bertz CT molecular complexity index is 1210. The summed E-state index contributed by atoms with van der Waals surface area (Å²) in [5.74, 6) is 1.40. The minimum absolute atomic E-state index is 0.114. The first-order valence-corrected chi connectivity index (χ1v) is 12.1. The van der Waals surface area contributed by atoms with Crippen LogP contribution in [0.4, 0.5) is 10.6 Å². The average Bonchev–Trinajstić information content (AvgIpc) is 3.45. The summed E-state index contributed by atoms with van der Waals surface area (Å²) in [6.45, 7) is 4.24. The molecule has 2 aliphatic rings. The van der Waals surface area contributed by atoms with Crippen molar-refractivity contribution in [2.45, 2.75) is 56.7 Å². The van der Waals surface area contributed by atoms with Crippen molar-refractivity contribution in [2.24, 2.45) is 0 Å². The predicted molar refractivity (Wildman–Crippen MR) is 135 cm³/mol. The topological polar surface area (TPSA) is 117 Å². The van der Waals surface area contributed by atoms with Gasteiger partial charge in [-0.2, -0.15) is 5.10 Å². The molecule has 1 aromatic carbocycles. The summed E-state index contributed by atoms with van der Waals surface area (Å²) in [4.78, 5) is 15.8. The molecule has 2 bridgehead atoms. The Balaban J connectivity index is 1.38. The summed E-state index contributed by atoms with van der Waals surface area (Å²) in [6, 6.07) is 9.97. The highest BCUT2D eigenvalue weighted by Crippen LogP contribution is 2.51. The molecule has 2 aliphatic heterocycles. The molecule has 10 heteroatoms. The highest BCUT2D eigenvalue weighted by Gasteiger charge is 2.58. The van der Waals surface area contributed by atoms with Crippen molar-refractivity contribution in [3.63, 3.8) is 0 Å². The molecule has 1 amide bonds. The minimum Gasteiger partial charge on any atom is -0.467 e. The number of anilines is 1. The summed E-state index contributed by atoms with van der Waals surface area (Å²) < 4.78 is 11.0. The van der Waals surface area contributed by atoms with Gasteiger partial charge in [0.1, 0.15) is 5.75 Å². The largest absolute Gasteiger partial charge is 0.467 e. The molecule has 0 radical (unpaired) electrons. The maximum absolute atomic E-state index is 12.0. The van der Waals surface area contributed by atoms with E-state index in [2.05, 4.69) is 39.1 Å². The lowest BCUT2D eigenvalue weighted by Gasteiger charge is -2.51. The van der Waals surface area contributed by atoms with Crippen LogP contribution in [0, 0.1) is 0 Å². The van der Waals surface area contributed by atoms with Crippen molar-refractivity contribution in [1.82, 2.24) is 25.3 Å². The fraction of sp³-hybridized carbons (Fsp3) is 0.462. The molecule has 3 atom stereocenters. The zero-order valence-corrected chi connectivity index (χ0v) is 21.1. The van der Waals surface area contributed by atoms with Crippen LogP contribution in [0.5, 0.6) is 5.75 Å². The van der Waals surface area contributed by atoms with Gasteiger partial charge in [-0.15, -0.1) is 10.2 Å². The van der Waals surface area contributed by atoms with E-state index in [1.54, 1.807) is 18.2 Å². The number of rotatable bonds is 7. The Labute approximate surface area is 210 Å². The molecule has 2 N–H and O–H groups in total. The monoisotopic (exact) mass is 492 g/mol. The highest BCUT2D eigenvalue weighted by molar-refractivity contribution is 5.74. The lowest BCUT2D eigenvalue weighted by atomic mass is 9.82. The fourth-order valence-electron chi connectivity index (χ4n) is 6.03. The Kier molecular flexibility index (Phi) is 6.07. The first-order valence-electron chi connectivity index (χ1n) is 12.1. The highest BCUT2D eigenvalue weighted by atomic mass is 16.7. The van der Waals surface area contributed by atoms with Gasteiger partial charge in [-0.3, -0.25) is 10.00 Å². The molecule has 2 aromatic heterocycles. The minimum atomic E-state index is -0.826. The van der Waals surface area contributed by atoms with E-state index in [0.29, 0.717) is 11.4 Å². The van der Waals surface area contributed by atoms with Gasteiger partial charge in [0, 0.05) is 48.6 Å².